The van der Waals surface area contributed by atoms with E-state index in [0.29, 0.717) is 0 Å². The van der Waals surface area contributed by atoms with E-state index in [-0.39, 0.29) is 36.5 Å². The third-order valence-electron chi connectivity index (χ3n) is 2.42. The Labute approximate surface area is 88.1 Å². The molecule has 0 aromatic carbocycles. The van der Waals surface area contributed by atoms with Gasteiger partial charge in [-0.15, -0.1) is 24.8 Å². The van der Waals surface area contributed by atoms with E-state index >= 15 is 0 Å². The molecule has 0 radical (unpaired) electrons. The van der Waals surface area contributed by atoms with Gasteiger partial charge in [-0.1, -0.05) is 6.92 Å². The lowest BCUT2D eigenvalue weighted by atomic mass is 9.79. The summed E-state index contributed by atoms with van der Waals surface area (Å²) < 4.78 is 0. The second-order valence-corrected chi connectivity index (χ2v) is 3.84. The maximum atomic E-state index is 5.94. The van der Waals surface area contributed by atoms with Crippen LogP contribution in [0.2, 0.25) is 0 Å². The summed E-state index contributed by atoms with van der Waals surface area (Å²) >= 11 is 0. The fraction of sp³-hybridized carbons (Fsp3) is 1.00. The maximum Gasteiger partial charge on any atom is 0.0126 e. The highest BCUT2D eigenvalue weighted by atomic mass is 35.5. The van der Waals surface area contributed by atoms with E-state index in [0.717, 1.165) is 5.92 Å². The van der Waals surface area contributed by atoms with Crippen molar-refractivity contribution in [1.82, 2.24) is 6.15 Å². The van der Waals surface area contributed by atoms with Gasteiger partial charge < -0.3 is 11.9 Å². The Morgan fingerprint density at radius 3 is 1.75 bits per heavy atom. The summed E-state index contributed by atoms with van der Waals surface area (Å²) in [6.07, 6.45) is 5.09. The lowest BCUT2D eigenvalue weighted by molar-refractivity contribution is 0.264. The van der Waals surface area contributed by atoms with Crippen LogP contribution in [0, 0.1) is 5.92 Å². The molecule has 0 amide bonds. The Hall–Kier alpha value is 0.500. The molecular weight excluding hydrogens is 195 g/mol. The molecule has 12 heavy (non-hydrogen) atoms. The topological polar surface area (TPSA) is 61.0 Å². The van der Waals surface area contributed by atoms with E-state index in [1.54, 1.807) is 0 Å². The first-order chi connectivity index (χ1) is 4.10. The van der Waals surface area contributed by atoms with Gasteiger partial charge in [0, 0.05) is 5.54 Å². The average Bonchev–Trinajstić information content (AvgIpc) is 1.78. The predicted molar refractivity (Wildman–Crippen MR) is 59.7 cm³/mol. The second kappa shape index (κ2) is 6.96. The van der Waals surface area contributed by atoms with Gasteiger partial charge in [0.1, 0.15) is 0 Å². The van der Waals surface area contributed by atoms with Gasteiger partial charge in [-0.25, -0.2) is 0 Å². The van der Waals surface area contributed by atoms with Crippen LogP contribution in [0.5, 0.6) is 0 Å². The zero-order valence-electron chi connectivity index (χ0n) is 8.01. The molecule has 1 saturated carbocycles. The summed E-state index contributed by atoms with van der Waals surface area (Å²) in [5, 5.41) is 0. The summed E-state index contributed by atoms with van der Waals surface area (Å²) in [4.78, 5) is 0. The van der Waals surface area contributed by atoms with Gasteiger partial charge >= 0.3 is 0 Å². The monoisotopic (exact) mass is 216 g/mol. The van der Waals surface area contributed by atoms with Gasteiger partial charge in [-0.3, -0.25) is 0 Å². The van der Waals surface area contributed by atoms with Crippen molar-refractivity contribution in [3.8, 4) is 0 Å². The smallest absolute Gasteiger partial charge is 0.0126 e. The molecule has 0 spiro atoms. The highest BCUT2D eigenvalue weighted by molar-refractivity contribution is 5.85. The van der Waals surface area contributed by atoms with Gasteiger partial charge in [0.05, 0.1) is 0 Å². The molecule has 0 bridgehead atoms. The normalized spacial score (nSPS) is 33.8. The number of nitrogens with two attached hydrogens (primary N) is 1. The quantitative estimate of drug-likeness (QED) is 0.655. The molecule has 5 N–H and O–H groups in total. The van der Waals surface area contributed by atoms with Gasteiger partial charge in [0.25, 0.3) is 0 Å². The van der Waals surface area contributed by atoms with Gasteiger partial charge in [0.15, 0.2) is 0 Å². The van der Waals surface area contributed by atoms with Crippen LogP contribution in [0.15, 0.2) is 0 Å². The van der Waals surface area contributed by atoms with E-state index in [4.69, 9.17) is 5.73 Å². The molecule has 1 fully saturated rings. The Kier molecular flexibility index (Phi) is 10.6. The molecular formula is C8H22Cl2N2. The fourth-order valence-electron chi connectivity index (χ4n) is 1.42. The van der Waals surface area contributed by atoms with Crippen molar-refractivity contribution >= 4 is 24.8 Å². The minimum absolute atomic E-state index is 0. The minimum Gasteiger partial charge on any atom is -0.344 e. The largest absolute Gasteiger partial charge is 0.344 e. The van der Waals surface area contributed by atoms with Crippen LogP contribution in [0.25, 0.3) is 0 Å². The van der Waals surface area contributed by atoms with Crippen LogP contribution in [0.3, 0.4) is 0 Å². The third-order valence-corrected chi connectivity index (χ3v) is 2.42. The third kappa shape index (κ3) is 6.06. The summed E-state index contributed by atoms with van der Waals surface area (Å²) in [6.45, 7) is 4.48. The molecule has 78 valence electrons. The van der Waals surface area contributed by atoms with E-state index in [1.807, 2.05) is 0 Å². The van der Waals surface area contributed by atoms with Crippen molar-refractivity contribution in [2.75, 3.05) is 0 Å². The average molecular weight is 217 g/mol. The van der Waals surface area contributed by atoms with Crippen molar-refractivity contribution in [2.24, 2.45) is 11.7 Å². The van der Waals surface area contributed by atoms with Crippen molar-refractivity contribution in [1.29, 1.82) is 0 Å². The van der Waals surface area contributed by atoms with Crippen molar-refractivity contribution in [2.45, 2.75) is 45.1 Å². The van der Waals surface area contributed by atoms with Crippen LogP contribution in [-0.2, 0) is 0 Å². The molecule has 0 atom stereocenters. The number of hydrogen-bond acceptors (Lipinski definition) is 2. The highest BCUT2D eigenvalue weighted by Gasteiger charge is 2.24. The number of hydrogen-bond donors (Lipinski definition) is 2. The van der Waals surface area contributed by atoms with Gasteiger partial charge in [-0.2, -0.15) is 0 Å². The highest BCUT2D eigenvalue weighted by Crippen LogP contribution is 2.28. The van der Waals surface area contributed by atoms with E-state index < -0.39 is 0 Å². The molecule has 0 aromatic rings. The van der Waals surface area contributed by atoms with Crippen LogP contribution >= 0.6 is 24.8 Å². The molecule has 2 nitrogen and oxygen atoms in total. The summed E-state index contributed by atoms with van der Waals surface area (Å²) in [5.74, 6) is 0.918. The Morgan fingerprint density at radius 1 is 1.17 bits per heavy atom. The molecule has 1 aliphatic carbocycles. The first-order valence-corrected chi connectivity index (χ1v) is 3.89. The second-order valence-electron chi connectivity index (χ2n) is 3.84. The standard InChI is InChI=1S/C8H17N.2ClH.H3N/c1-7-3-5-8(2,9)6-4-7;;;/h7H,3-6,9H2,1-2H3;2*1H;1H3. The lowest BCUT2D eigenvalue weighted by Gasteiger charge is -2.32. The lowest BCUT2D eigenvalue weighted by Crippen LogP contribution is -2.39. The van der Waals surface area contributed by atoms with Crippen molar-refractivity contribution in [3.63, 3.8) is 0 Å². The summed E-state index contributed by atoms with van der Waals surface area (Å²) in [5.41, 5.74) is 6.10. The fourth-order valence-corrected chi connectivity index (χ4v) is 1.42. The molecule has 0 saturated heterocycles. The SMILES string of the molecule is CC1CCC(C)(N)CC1.Cl.Cl.N. The van der Waals surface area contributed by atoms with Crippen molar-refractivity contribution < 1.29 is 0 Å². The van der Waals surface area contributed by atoms with E-state index in [2.05, 4.69) is 13.8 Å². The van der Waals surface area contributed by atoms with Gasteiger partial charge in [-0.05, 0) is 38.5 Å². The first-order valence-electron chi connectivity index (χ1n) is 3.89. The first kappa shape index (κ1) is 18.3. The molecule has 1 rings (SSSR count). The number of halogens is 2. The summed E-state index contributed by atoms with van der Waals surface area (Å²) in [6, 6.07) is 0. The molecule has 1 aliphatic rings. The van der Waals surface area contributed by atoms with Crippen LogP contribution in [0.4, 0.5) is 0 Å². The molecule has 4 heteroatoms. The molecule has 0 aromatic heterocycles. The Bertz CT molecular complexity index is 97.2. The summed E-state index contributed by atoms with van der Waals surface area (Å²) in [7, 11) is 0. The Balaban J connectivity index is -0.000000270. The maximum absolute atomic E-state index is 5.94. The Morgan fingerprint density at radius 2 is 1.50 bits per heavy atom. The van der Waals surface area contributed by atoms with E-state index in [1.165, 1.54) is 25.7 Å². The van der Waals surface area contributed by atoms with E-state index in [9.17, 15) is 0 Å². The van der Waals surface area contributed by atoms with Crippen LogP contribution in [0.1, 0.15) is 39.5 Å². The zero-order chi connectivity index (χ0) is 6.91. The van der Waals surface area contributed by atoms with Crippen LogP contribution < -0.4 is 11.9 Å². The van der Waals surface area contributed by atoms with Gasteiger partial charge in [0.2, 0.25) is 0 Å². The van der Waals surface area contributed by atoms with Crippen LogP contribution in [-0.4, -0.2) is 5.54 Å². The molecule has 0 heterocycles. The zero-order valence-corrected chi connectivity index (χ0v) is 9.64. The molecule has 0 aliphatic heterocycles. The molecule has 0 unspecified atom stereocenters. The number of rotatable bonds is 0. The van der Waals surface area contributed by atoms with Crippen molar-refractivity contribution in [3.05, 3.63) is 0 Å². The minimum atomic E-state index is 0. The predicted octanol–water partition coefficient (Wildman–Crippen LogP) is 2.92.